The highest BCUT2D eigenvalue weighted by atomic mass is 35.5. The maximum atomic E-state index is 12.4. The lowest BCUT2D eigenvalue weighted by molar-refractivity contribution is 0.310. The zero-order chi connectivity index (χ0) is 13.3. The molecule has 1 fully saturated rings. The first-order chi connectivity index (χ1) is 8.41. The van der Waals surface area contributed by atoms with Gasteiger partial charge in [0.15, 0.2) is 0 Å². The molecular weight excluding hydrogens is 272 g/mol. The van der Waals surface area contributed by atoms with E-state index >= 15 is 0 Å². The van der Waals surface area contributed by atoms with Gasteiger partial charge in [-0.15, -0.1) is 0 Å². The van der Waals surface area contributed by atoms with Gasteiger partial charge in [0, 0.05) is 30.7 Å². The average Bonchev–Trinajstić information content (AvgIpc) is 2.32. The Labute approximate surface area is 113 Å². The molecule has 1 aliphatic rings. The summed E-state index contributed by atoms with van der Waals surface area (Å²) in [7, 11) is -3.43. The second kappa shape index (κ2) is 5.17. The molecule has 1 aliphatic heterocycles. The van der Waals surface area contributed by atoms with Crippen LogP contribution < -0.4 is 5.32 Å². The van der Waals surface area contributed by atoms with Crippen molar-refractivity contribution in [1.82, 2.24) is 9.62 Å². The molecule has 18 heavy (non-hydrogen) atoms. The molecule has 1 heterocycles. The predicted molar refractivity (Wildman–Crippen MR) is 72.4 cm³/mol. The lowest BCUT2D eigenvalue weighted by atomic mass is 10.2. The number of piperazine rings is 1. The van der Waals surface area contributed by atoms with Crippen LogP contribution in [-0.2, 0) is 10.0 Å². The number of nitrogens with zero attached hydrogens (tertiary/aromatic N) is 1. The van der Waals surface area contributed by atoms with Crippen LogP contribution in [0.25, 0.3) is 0 Å². The molecule has 0 radical (unpaired) electrons. The Balaban J connectivity index is 2.32. The van der Waals surface area contributed by atoms with E-state index in [0.717, 1.165) is 5.56 Å². The third kappa shape index (κ3) is 2.69. The van der Waals surface area contributed by atoms with Crippen molar-refractivity contribution in [3.63, 3.8) is 0 Å². The highest BCUT2D eigenvalue weighted by molar-refractivity contribution is 7.89. The fraction of sp³-hybridized carbons (Fsp3) is 0.500. The highest BCUT2D eigenvalue weighted by Gasteiger charge is 2.28. The molecule has 0 amide bonds. The van der Waals surface area contributed by atoms with Crippen LogP contribution in [0.5, 0.6) is 0 Å². The Morgan fingerprint density at radius 2 is 2.17 bits per heavy atom. The Hall–Kier alpha value is -0.620. The van der Waals surface area contributed by atoms with E-state index in [1.54, 1.807) is 12.1 Å². The SMILES string of the molecule is Cc1ccc(S(=O)(=O)N2CCNC(C)C2)cc1Cl. The van der Waals surface area contributed by atoms with Crippen LogP contribution in [0.1, 0.15) is 12.5 Å². The molecule has 100 valence electrons. The third-order valence-electron chi connectivity index (χ3n) is 3.11. The van der Waals surface area contributed by atoms with E-state index in [1.807, 2.05) is 13.8 Å². The Kier molecular flexibility index (Phi) is 3.96. The van der Waals surface area contributed by atoms with E-state index < -0.39 is 10.0 Å². The number of rotatable bonds is 2. The van der Waals surface area contributed by atoms with Gasteiger partial charge in [-0.05, 0) is 31.5 Å². The summed E-state index contributed by atoms with van der Waals surface area (Å²) < 4.78 is 26.4. The quantitative estimate of drug-likeness (QED) is 0.900. The molecule has 1 atom stereocenters. The van der Waals surface area contributed by atoms with Gasteiger partial charge in [0.2, 0.25) is 10.0 Å². The molecule has 2 rings (SSSR count). The molecule has 6 heteroatoms. The van der Waals surface area contributed by atoms with Crippen LogP contribution in [0.2, 0.25) is 5.02 Å². The molecule has 1 aromatic rings. The lowest BCUT2D eigenvalue weighted by Gasteiger charge is -2.31. The normalized spacial score (nSPS) is 22.1. The first-order valence-corrected chi connectivity index (χ1v) is 7.73. The highest BCUT2D eigenvalue weighted by Crippen LogP contribution is 2.23. The minimum absolute atomic E-state index is 0.175. The van der Waals surface area contributed by atoms with E-state index in [0.29, 0.717) is 24.7 Å². The monoisotopic (exact) mass is 288 g/mol. The summed E-state index contributed by atoms with van der Waals surface area (Å²) in [6.07, 6.45) is 0. The van der Waals surface area contributed by atoms with E-state index in [9.17, 15) is 8.42 Å². The van der Waals surface area contributed by atoms with Gasteiger partial charge in [-0.1, -0.05) is 17.7 Å². The van der Waals surface area contributed by atoms with Gasteiger partial charge in [-0.2, -0.15) is 4.31 Å². The Morgan fingerprint density at radius 3 is 2.78 bits per heavy atom. The fourth-order valence-corrected chi connectivity index (χ4v) is 3.80. The van der Waals surface area contributed by atoms with Crippen molar-refractivity contribution in [2.75, 3.05) is 19.6 Å². The van der Waals surface area contributed by atoms with Gasteiger partial charge in [0.1, 0.15) is 0 Å². The third-order valence-corrected chi connectivity index (χ3v) is 5.38. The van der Waals surface area contributed by atoms with Crippen LogP contribution in [0, 0.1) is 6.92 Å². The lowest BCUT2D eigenvalue weighted by Crippen LogP contribution is -2.51. The van der Waals surface area contributed by atoms with Gasteiger partial charge in [-0.3, -0.25) is 0 Å². The van der Waals surface area contributed by atoms with E-state index in [-0.39, 0.29) is 10.9 Å². The topological polar surface area (TPSA) is 49.4 Å². The van der Waals surface area contributed by atoms with Crippen molar-refractivity contribution < 1.29 is 8.42 Å². The van der Waals surface area contributed by atoms with Crippen molar-refractivity contribution in [3.8, 4) is 0 Å². The fourth-order valence-electron chi connectivity index (χ4n) is 2.00. The first-order valence-electron chi connectivity index (χ1n) is 5.91. The van der Waals surface area contributed by atoms with Gasteiger partial charge in [0.05, 0.1) is 4.90 Å². The maximum absolute atomic E-state index is 12.4. The summed E-state index contributed by atoms with van der Waals surface area (Å²) in [6.45, 7) is 5.50. The molecule has 1 aromatic carbocycles. The van der Waals surface area contributed by atoms with Crippen molar-refractivity contribution in [3.05, 3.63) is 28.8 Å². The number of hydrogen-bond donors (Lipinski definition) is 1. The van der Waals surface area contributed by atoms with Crippen LogP contribution in [0.3, 0.4) is 0 Å². The van der Waals surface area contributed by atoms with Crippen molar-refractivity contribution >= 4 is 21.6 Å². The number of benzene rings is 1. The largest absolute Gasteiger partial charge is 0.312 e. The van der Waals surface area contributed by atoms with Crippen molar-refractivity contribution in [2.45, 2.75) is 24.8 Å². The average molecular weight is 289 g/mol. The molecule has 4 nitrogen and oxygen atoms in total. The first kappa shape index (κ1) is 13.8. The summed E-state index contributed by atoms with van der Waals surface area (Å²) in [6, 6.07) is 5.05. The Morgan fingerprint density at radius 1 is 1.44 bits per heavy atom. The molecule has 0 bridgehead atoms. The van der Waals surface area contributed by atoms with Crippen LogP contribution in [-0.4, -0.2) is 38.4 Å². The second-order valence-electron chi connectivity index (χ2n) is 4.63. The summed E-state index contributed by atoms with van der Waals surface area (Å²) in [5.41, 5.74) is 0.879. The number of nitrogens with one attached hydrogen (secondary N) is 1. The second-order valence-corrected chi connectivity index (χ2v) is 6.97. The minimum Gasteiger partial charge on any atom is -0.312 e. The molecule has 0 saturated carbocycles. The molecular formula is C12H17ClN2O2S. The smallest absolute Gasteiger partial charge is 0.243 e. The molecule has 0 aromatic heterocycles. The van der Waals surface area contributed by atoms with E-state index in [1.165, 1.54) is 10.4 Å². The van der Waals surface area contributed by atoms with Crippen LogP contribution in [0.4, 0.5) is 0 Å². The van der Waals surface area contributed by atoms with Gasteiger partial charge in [0.25, 0.3) is 0 Å². The summed E-state index contributed by atoms with van der Waals surface area (Å²) in [4.78, 5) is 0.271. The molecule has 1 unspecified atom stereocenters. The minimum atomic E-state index is -3.43. The molecule has 1 N–H and O–H groups in total. The zero-order valence-corrected chi connectivity index (χ0v) is 12.1. The number of halogens is 1. The van der Waals surface area contributed by atoms with Crippen molar-refractivity contribution in [2.24, 2.45) is 0 Å². The van der Waals surface area contributed by atoms with Gasteiger partial charge < -0.3 is 5.32 Å². The Bertz CT molecular complexity index is 545. The van der Waals surface area contributed by atoms with E-state index in [2.05, 4.69) is 5.32 Å². The molecule has 0 aliphatic carbocycles. The summed E-state index contributed by atoms with van der Waals surface area (Å²) in [5.74, 6) is 0. The molecule has 1 saturated heterocycles. The molecule has 0 spiro atoms. The number of sulfonamides is 1. The maximum Gasteiger partial charge on any atom is 0.243 e. The van der Waals surface area contributed by atoms with E-state index in [4.69, 9.17) is 11.6 Å². The predicted octanol–water partition coefficient (Wildman–Crippen LogP) is 1.63. The van der Waals surface area contributed by atoms with Gasteiger partial charge >= 0.3 is 0 Å². The standard InChI is InChI=1S/C12H17ClN2O2S/c1-9-3-4-11(7-12(9)13)18(16,17)15-6-5-14-10(2)8-15/h3-4,7,10,14H,5-6,8H2,1-2H3. The summed E-state index contributed by atoms with van der Waals surface area (Å²) >= 11 is 5.99. The van der Waals surface area contributed by atoms with Crippen molar-refractivity contribution in [1.29, 1.82) is 0 Å². The van der Waals surface area contributed by atoms with Crippen LogP contribution in [0.15, 0.2) is 23.1 Å². The zero-order valence-electron chi connectivity index (χ0n) is 10.5. The summed E-state index contributed by atoms with van der Waals surface area (Å²) in [5, 5.41) is 3.71. The number of hydrogen-bond acceptors (Lipinski definition) is 3. The van der Waals surface area contributed by atoms with Gasteiger partial charge in [-0.25, -0.2) is 8.42 Å². The number of aryl methyl sites for hydroxylation is 1. The van der Waals surface area contributed by atoms with Crippen LogP contribution >= 0.6 is 11.6 Å².